The predicted molar refractivity (Wildman–Crippen MR) is 280 cm³/mol. The first-order valence-electron chi connectivity index (χ1n) is 23.0. The van der Waals surface area contributed by atoms with Gasteiger partial charge in [0.2, 0.25) is 0 Å². The Morgan fingerprint density at radius 1 is 0.377 bits per heavy atom. The van der Waals surface area contributed by atoms with Crippen molar-refractivity contribution in [3.63, 3.8) is 0 Å². The summed E-state index contributed by atoms with van der Waals surface area (Å²) in [5.41, 5.74) is 8.89. The second-order valence-electron chi connectivity index (χ2n) is 17.8. The molecule has 4 heterocycles. The summed E-state index contributed by atoms with van der Waals surface area (Å²) < 4.78 is 16.2. The van der Waals surface area contributed by atoms with Gasteiger partial charge in [0.05, 0.1) is 33.8 Å². The summed E-state index contributed by atoms with van der Waals surface area (Å²) in [7, 11) is 0. The molecule has 318 valence electrons. The quantitative estimate of drug-likeness (QED) is 0.175. The molecular formula is C62H33N5O2. The Labute approximate surface area is 392 Å². The maximum absolute atomic E-state index is 10.1. The number of nitriles is 1. The summed E-state index contributed by atoms with van der Waals surface area (Å²) >= 11 is 0. The maximum atomic E-state index is 10.1. The van der Waals surface area contributed by atoms with Crippen LogP contribution in [-0.2, 0) is 0 Å². The minimum Gasteiger partial charge on any atom is -0.455 e. The van der Waals surface area contributed by atoms with Crippen LogP contribution in [0.1, 0.15) is 5.56 Å². The van der Waals surface area contributed by atoms with Crippen molar-refractivity contribution in [2.24, 2.45) is 0 Å². The lowest BCUT2D eigenvalue weighted by molar-refractivity contribution is 0.670. The van der Waals surface area contributed by atoms with Crippen LogP contribution in [0.15, 0.2) is 209 Å². The Bertz CT molecular complexity index is 4530. The molecule has 0 saturated carbocycles. The van der Waals surface area contributed by atoms with E-state index < -0.39 is 0 Å². The third-order valence-electron chi connectivity index (χ3n) is 14.0. The Kier molecular flexibility index (Phi) is 7.72. The minimum absolute atomic E-state index is 0.468. The van der Waals surface area contributed by atoms with Gasteiger partial charge in [0.15, 0.2) is 17.5 Å². The van der Waals surface area contributed by atoms with Crippen molar-refractivity contribution >= 4 is 109 Å². The molecule has 15 rings (SSSR count). The molecule has 0 aliphatic heterocycles. The molecule has 15 aromatic rings. The molecule has 0 aliphatic carbocycles. The van der Waals surface area contributed by atoms with Gasteiger partial charge >= 0.3 is 0 Å². The summed E-state index contributed by atoms with van der Waals surface area (Å²) in [6.07, 6.45) is 0. The molecule has 0 atom stereocenters. The number of fused-ring (bicyclic) bond motifs is 17. The molecule has 11 aromatic carbocycles. The SMILES string of the molecule is N#Cc1ccc2c(c1)c1cc(-c3nc(-c4cc5ccccc5c5c4oc4ccc6ccccc6c45)nc(-c4cc5ccccc5c5c4oc4ccc6ccccc6c45)n3)ccc1n2-c1ccccc1. The second-order valence-corrected chi connectivity index (χ2v) is 17.8. The number of rotatable bonds is 4. The van der Waals surface area contributed by atoms with E-state index in [1.165, 1.54) is 0 Å². The molecule has 0 bridgehead atoms. The van der Waals surface area contributed by atoms with E-state index in [4.69, 9.17) is 23.8 Å². The van der Waals surface area contributed by atoms with E-state index in [1.54, 1.807) is 0 Å². The number of nitrogens with zero attached hydrogens (tertiary/aromatic N) is 5. The van der Waals surface area contributed by atoms with Crippen molar-refractivity contribution < 1.29 is 8.83 Å². The first-order valence-corrected chi connectivity index (χ1v) is 23.0. The van der Waals surface area contributed by atoms with Crippen LogP contribution in [0.2, 0.25) is 0 Å². The molecule has 0 unspecified atom stereocenters. The smallest absolute Gasteiger partial charge is 0.167 e. The van der Waals surface area contributed by atoms with E-state index in [2.05, 4.69) is 174 Å². The summed E-state index contributed by atoms with van der Waals surface area (Å²) in [4.78, 5) is 16.3. The highest BCUT2D eigenvalue weighted by Gasteiger charge is 2.25. The van der Waals surface area contributed by atoms with E-state index in [0.29, 0.717) is 34.2 Å². The summed E-state index contributed by atoms with van der Waals surface area (Å²) in [5.74, 6) is 1.42. The average Bonchev–Trinajstić information content (AvgIpc) is 4.11. The zero-order valence-corrected chi connectivity index (χ0v) is 36.6. The third kappa shape index (κ3) is 5.45. The van der Waals surface area contributed by atoms with Crippen molar-refractivity contribution in [2.45, 2.75) is 0 Å². The first kappa shape index (κ1) is 37.6. The van der Waals surface area contributed by atoms with Crippen LogP contribution in [0.5, 0.6) is 0 Å². The fourth-order valence-corrected chi connectivity index (χ4v) is 10.9. The zero-order chi connectivity index (χ0) is 45.3. The minimum atomic E-state index is 0.468. The van der Waals surface area contributed by atoms with Gasteiger partial charge in [-0.15, -0.1) is 0 Å². The van der Waals surface area contributed by atoms with Crippen molar-refractivity contribution in [3.8, 4) is 45.9 Å². The molecule has 69 heavy (non-hydrogen) atoms. The van der Waals surface area contributed by atoms with E-state index >= 15 is 0 Å². The number of benzene rings is 11. The van der Waals surface area contributed by atoms with Gasteiger partial charge in [-0.3, -0.25) is 0 Å². The molecule has 0 saturated heterocycles. The van der Waals surface area contributed by atoms with Gasteiger partial charge in [-0.25, -0.2) is 15.0 Å². The average molecular weight is 880 g/mol. The molecule has 7 heteroatoms. The summed E-state index contributed by atoms with van der Waals surface area (Å²) in [5, 5.41) is 24.9. The van der Waals surface area contributed by atoms with Crippen LogP contribution >= 0.6 is 0 Å². The first-order chi connectivity index (χ1) is 34.1. The highest BCUT2D eigenvalue weighted by atomic mass is 16.3. The maximum Gasteiger partial charge on any atom is 0.167 e. The topological polar surface area (TPSA) is 93.7 Å². The van der Waals surface area contributed by atoms with Crippen LogP contribution in [-0.4, -0.2) is 19.5 Å². The lowest BCUT2D eigenvalue weighted by Gasteiger charge is -2.12. The molecule has 0 amide bonds. The van der Waals surface area contributed by atoms with Crippen molar-refractivity contribution in [3.05, 3.63) is 206 Å². The Morgan fingerprint density at radius 2 is 0.841 bits per heavy atom. The van der Waals surface area contributed by atoms with Crippen LogP contribution in [0.4, 0.5) is 0 Å². The third-order valence-corrected chi connectivity index (χ3v) is 14.0. The van der Waals surface area contributed by atoms with Crippen LogP contribution in [0, 0.1) is 11.3 Å². The van der Waals surface area contributed by atoms with E-state index in [9.17, 15) is 5.26 Å². The van der Waals surface area contributed by atoms with Crippen LogP contribution < -0.4 is 0 Å². The number of hydrogen-bond acceptors (Lipinski definition) is 6. The van der Waals surface area contributed by atoms with Crippen LogP contribution in [0.25, 0.3) is 149 Å². The zero-order valence-electron chi connectivity index (χ0n) is 36.6. The largest absolute Gasteiger partial charge is 0.455 e. The van der Waals surface area contributed by atoms with Gasteiger partial charge in [-0.05, 0) is 116 Å². The second kappa shape index (κ2) is 14.2. The van der Waals surface area contributed by atoms with Gasteiger partial charge in [0.25, 0.3) is 0 Å². The van der Waals surface area contributed by atoms with Crippen molar-refractivity contribution in [1.82, 2.24) is 19.5 Å². The van der Waals surface area contributed by atoms with E-state index in [-0.39, 0.29) is 0 Å². The lowest BCUT2D eigenvalue weighted by atomic mass is 9.96. The van der Waals surface area contributed by atoms with Gasteiger partial charge in [0.1, 0.15) is 22.3 Å². The van der Waals surface area contributed by atoms with Crippen LogP contribution in [0.3, 0.4) is 0 Å². The van der Waals surface area contributed by atoms with Gasteiger partial charge < -0.3 is 13.4 Å². The van der Waals surface area contributed by atoms with Gasteiger partial charge in [-0.2, -0.15) is 5.26 Å². The molecule has 0 fully saturated rings. The van der Waals surface area contributed by atoms with Crippen molar-refractivity contribution in [1.29, 1.82) is 5.26 Å². The normalized spacial score (nSPS) is 12.0. The fourth-order valence-electron chi connectivity index (χ4n) is 10.9. The van der Waals surface area contributed by atoms with E-state index in [0.717, 1.165) is 120 Å². The number of hydrogen-bond donors (Lipinski definition) is 0. The van der Waals surface area contributed by atoms with E-state index in [1.807, 2.05) is 36.4 Å². The highest BCUT2D eigenvalue weighted by molar-refractivity contribution is 6.30. The molecule has 0 spiro atoms. The predicted octanol–water partition coefficient (Wildman–Crippen LogP) is 16.3. The van der Waals surface area contributed by atoms with Gasteiger partial charge in [-0.1, -0.05) is 127 Å². The summed E-state index contributed by atoms with van der Waals surface area (Å²) in [6, 6.07) is 71.4. The molecule has 0 radical (unpaired) electrons. The molecule has 4 aromatic heterocycles. The lowest BCUT2D eigenvalue weighted by Crippen LogP contribution is -2.01. The standard InChI is InChI=1S/C62H33N5O2/c63-34-35-22-26-50-46(30-35)47-33-40(23-27-51(47)67(50)41-16-2-1-3-17-41)60-64-61(48-31-38-14-6-10-20-44(38)56-54-42-18-8-4-12-36(42)24-28-52(54)68-58(48)56)66-62(65-60)49-32-39-15-7-11-21-45(39)57-55-43-19-9-5-13-37(43)25-29-53(55)69-59(49)57/h1-33H. The fraction of sp³-hybridized carbons (Fsp3) is 0. The molecule has 0 N–H and O–H groups in total. The van der Waals surface area contributed by atoms with Crippen molar-refractivity contribution in [2.75, 3.05) is 0 Å². The Balaban J connectivity index is 1.07. The number of furan rings is 2. The number of aromatic nitrogens is 4. The Morgan fingerprint density at radius 3 is 1.39 bits per heavy atom. The molecular weight excluding hydrogens is 847 g/mol. The highest BCUT2D eigenvalue weighted by Crippen LogP contribution is 2.46. The monoisotopic (exact) mass is 879 g/mol. The number of para-hydroxylation sites is 1. The summed E-state index contributed by atoms with van der Waals surface area (Å²) in [6.45, 7) is 0. The molecule has 0 aliphatic rings. The van der Waals surface area contributed by atoms with Gasteiger partial charge in [0, 0.05) is 43.6 Å². The Hall–Kier alpha value is -9.64. The molecule has 7 nitrogen and oxygen atoms in total.